The van der Waals surface area contributed by atoms with E-state index in [1.807, 2.05) is 6.92 Å². The Labute approximate surface area is 83.3 Å². The minimum atomic E-state index is -2.86. The second-order valence-corrected chi connectivity index (χ2v) is 6.32. The first-order valence-electron chi connectivity index (χ1n) is 4.75. The summed E-state index contributed by atoms with van der Waals surface area (Å²) in [5, 5.41) is 1.78. The van der Waals surface area contributed by atoms with Gasteiger partial charge in [0.25, 0.3) is 0 Å². The van der Waals surface area contributed by atoms with Crippen LogP contribution < -0.4 is 5.43 Å². The standard InChI is InChI=1S/C8H14N2O3S/c1-6-4-10(9-8(6)11)7-2-3-14(12,13)5-7/h6-7H,2-5H2,1H3,(H,9,11). The molecule has 2 aliphatic rings. The predicted octanol–water partition coefficient (Wildman–Crippen LogP) is -0.844. The molecule has 0 aromatic carbocycles. The first-order valence-corrected chi connectivity index (χ1v) is 6.57. The van der Waals surface area contributed by atoms with Gasteiger partial charge < -0.3 is 0 Å². The summed E-state index contributed by atoms with van der Waals surface area (Å²) in [5.41, 5.74) is 2.71. The summed E-state index contributed by atoms with van der Waals surface area (Å²) in [5.74, 6) is 0.394. The first kappa shape index (κ1) is 9.92. The Hall–Kier alpha value is -0.620. The Morgan fingerprint density at radius 1 is 1.50 bits per heavy atom. The van der Waals surface area contributed by atoms with Crippen LogP contribution in [-0.4, -0.2) is 43.4 Å². The van der Waals surface area contributed by atoms with Gasteiger partial charge in [-0.1, -0.05) is 6.92 Å². The maximum Gasteiger partial charge on any atom is 0.238 e. The van der Waals surface area contributed by atoms with E-state index >= 15 is 0 Å². The van der Waals surface area contributed by atoms with E-state index < -0.39 is 9.84 Å². The van der Waals surface area contributed by atoms with Gasteiger partial charge in [-0.05, 0) is 6.42 Å². The molecule has 0 aromatic rings. The van der Waals surface area contributed by atoms with Crippen molar-refractivity contribution in [3.8, 4) is 0 Å². The summed E-state index contributed by atoms with van der Waals surface area (Å²) in [7, 11) is -2.86. The first-order chi connectivity index (χ1) is 6.48. The summed E-state index contributed by atoms with van der Waals surface area (Å²) >= 11 is 0. The zero-order valence-corrected chi connectivity index (χ0v) is 8.88. The highest BCUT2D eigenvalue weighted by Gasteiger charge is 2.37. The van der Waals surface area contributed by atoms with Gasteiger partial charge >= 0.3 is 0 Å². The number of carbonyl (C=O) groups is 1. The van der Waals surface area contributed by atoms with Gasteiger partial charge in [0.15, 0.2) is 9.84 Å². The van der Waals surface area contributed by atoms with E-state index in [-0.39, 0.29) is 29.4 Å². The smallest absolute Gasteiger partial charge is 0.238 e. The molecule has 2 heterocycles. The number of nitrogens with zero attached hydrogens (tertiary/aromatic N) is 1. The van der Waals surface area contributed by atoms with E-state index in [0.29, 0.717) is 13.0 Å². The SMILES string of the molecule is CC1CN(C2CCS(=O)(=O)C2)NC1=O. The predicted molar refractivity (Wildman–Crippen MR) is 51.1 cm³/mol. The number of amides is 1. The zero-order chi connectivity index (χ0) is 10.3. The lowest BCUT2D eigenvalue weighted by Gasteiger charge is -2.21. The number of sulfone groups is 1. The van der Waals surface area contributed by atoms with E-state index in [1.54, 1.807) is 5.01 Å². The van der Waals surface area contributed by atoms with E-state index in [1.165, 1.54) is 0 Å². The van der Waals surface area contributed by atoms with Gasteiger partial charge in [-0.25, -0.2) is 13.4 Å². The topological polar surface area (TPSA) is 66.5 Å². The fraction of sp³-hybridized carbons (Fsp3) is 0.875. The molecule has 80 valence electrons. The summed E-state index contributed by atoms with van der Waals surface area (Å²) in [4.78, 5) is 11.2. The molecule has 2 fully saturated rings. The van der Waals surface area contributed by atoms with E-state index in [2.05, 4.69) is 5.43 Å². The lowest BCUT2D eigenvalue weighted by Crippen LogP contribution is -2.42. The maximum atomic E-state index is 11.2. The average molecular weight is 218 g/mol. The Balaban J connectivity index is 2.02. The van der Waals surface area contributed by atoms with Gasteiger partial charge in [0.05, 0.1) is 17.4 Å². The van der Waals surface area contributed by atoms with Gasteiger partial charge in [0.1, 0.15) is 0 Å². The highest BCUT2D eigenvalue weighted by Crippen LogP contribution is 2.20. The molecule has 0 bridgehead atoms. The fourth-order valence-corrected chi connectivity index (χ4v) is 3.67. The Kier molecular flexibility index (Phi) is 2.27. The second kappa shape index (κ2) is 3.20. The minimum absolute atomic E-state index is 0.00528. The molecule has 1 amide bonds. The minimum Gasteiger partial charge on any atom is -0.288 e. The quantitative estimate of drug-likeness (QED) is 0.623. The monoisotopic (exact) mass is 218 g/mol. The van der Waals surface area contributed by atoms with Crippen LogP contribution in [0.15, 0.2) is 0 Å². The molecule has 2 atom stereocenters. The van der Waals surface area contributed by atoms with Gasteiger partial charge in [-0.15, -0.1) is 0 Å². The van der Waals surface area contributed by atoms with E-state index in [9.17, 15) is 13.2 Å². The largest absolute Gasteiger partial charge is 0.288 e. The van der Waals surface area contributed by atoms with Crippen molar-refractivity contribution in [1.82, 2.24) is 10.4 Å². The maximum absolute atomic E-state index is 11.2. The molecule has 0 spiro atoms. The van der Waals surface area contributed by atoms with Gasteiger partial charge in [0, 0.05) is 12.6 Å². The molecule has 1 N–H and O–H groups in total. The summed E-state index contributed by atoms with van der Waals surface area (Å²) in [6, 6.07) is -0.0195. The number of hydrogen-bond acceptors (Lipinski definition) is 4. The van der Waals surface area contributed by atoms with Crippen LogP contribution >= 0.6 is 0 Å². The van der Waals surface area contributed by atoms with Crippen molar-refractivity contribution in [2.24, 2.45) is 5.92 Å². The van der Waals surface area contributed by atoms with E-state index in [0.717, 1.165) is 0 Å². The van der Waals surface area contributed by atoms with Crippen LogP contribution in [0.25, 0.3) is 0 Å². The molecule has 0 aromatic heterocycles. The molecule has 0 saturated carbocycles. The third-order valence-corrected chi connectivity index (χ3v) is 4.57. The highest BCUT2D eigenvalue weighted by atomic mass is 32.2. The van der Waals surface area contributed by atoms with Crippen molar-refractivity contribution >= 4 is 15.7 Å². The third-order valence-electron chi connectivity index (χ3n) is 2.82. The lowest BCUT2D eigenvalue weighted by molar-refractivity contribution is -0.123. The molecule has 2 rings (SSSR count). The molecular weight excluding hydrogens is 204 g/mol. The third kappa shape index (κ3) is 1.76. The Morgan fingerprint density at radius 3 is 2.64 bits per heavy atom. The number of nitrogens with one attached hydrogen (secondary N) is 1. The van der Waals surface area contributed by atoms with Crippen LogP contribution in [0.2, 0.25) is 0 Å². The van der Waals surface area contributed by atoms with Crippen LogP contribution in [0.3, 0.4) is 0 Å². The fourth-order valence-electron chi connectivity index (χ4n) is 1.94. The summed E-state index contributed by atoms with van der Waals surface area (Å²) in [6.45, 7) is 2.47. The number of carbonyl (C=O) groups excluding carboxylic acids is 1. The van der Waals surface area contributed by atoms with Crippen LogP contribution in [0.1, 0.15) is 13.3 Å². The second-order valence-electron chi connectivity index (χ2n) is 4.09. The molecule has 5 nitrogen and oxygen atoms in total. The molecule has 6 heteroatoms. The number of rotatable bonds is 1. The highest BCUT2D eigenvalue weighted by molar-refractivity contribution is 7.91. The molecule has 0 aliphatic carbocycles. The number of hydrogen-bond donors (Lipinski definition) is 1. The average Bonchev–Trinajstić information content (AvgIpc) is 2.57. The van der Waals surface area contributed by atoms with Crippen molar-refractivity contribution in [2.45, 2.75) is 19.4 Å². The molecular formula is C8H14N2O3S. The molecule has 2 saturated heterocycles. The van der Waals surface area contributed by atoms with Gasteiger partial charge in [-0.3, -0.25) is 10.2 Å². The van der Waals surface area contributed by atoms with Crippen LogP contribution in [0.4, 0.5) is 0 Å². The van der Waals surface area contributed by atoms with Crippen molar-refractivity contribution in [3.63, 3.8) is 0 Å². The van der Waals surface area contributed by atoms with Gasteiger partial charge in [-0.2, -0.15) is 0 Å². The van der Waals surface area contributed by atoms with Crippen LogP contribution in [0, 0.1) is 5.92 Å². The molecule has 0 radical (unpaired) electrons. The van der Waals surface area contributed by atoms with Crippen LogP contribution in [0.5, 0.6) is 0 Å². The molecule has 2 aliphatic heterocycles. The molecule has 14 heavy (non-hydrogen) atoms. The van der Waals surface area contributed by atoms with Crippen molar-refractivity contribution < 1.29 is 13.2 Å². The zero-order valence-electron chi connectivity index (χ0n) is 8.06. The molecule has 2 unspecified atom stereocenters. The van der Waals surface area contributed by atoms with Crippen molar-refractivity contribution in [1.29, 1.82) is 0 Å². The Bertz CT molecular complexity index is 352. The normalized spacial score (nSPS) is 37.4. The summed E-state index contributed by atoms with van der Waals surface area (Å²) < 4.78 is 22.4. The van der Waals surface area contributed by atoms with Crippen molar-refractivity contribution in [2.75, 3.05) is 18.1 Å². The van der Waals surface area contributed by atoms with Crippen LogP contribution in [-0.2, 0) is 14.6 Å². The summed E-state index contributed by atoms with van der Waals surface area (Å²) in [6.07, 6.45) is 0.634. The van der Waals surface area contributed by atoms with Crippen molar-refractivity contribution in [3.05, 3.63) is 0 Å². The van der Waals surface area contributed by atoms with Gasteiger partial charge in [0.2, 0.25) is 5.91 Å². The number of hydrazine groups is 1. The van der Waals surface area contributed by atoms with E-state index in [4.69, 9.17) is 0 Å². The lowest BCUT2D eigenvalue weighted by atomic mass is 10.2. The Morgan fingerprint density at radius 2 is 2.21 bits per heavy atom.